The Bertz CT molecular complexity index is 492. The molecular formula is C14H16F2N2O. The smallest absolute Gasteiger partial charge is 0.254 e. The molecule has 0 spiro atoms. The van der Waals surface area contributed by atoms with Gasteiger partial charge in [0.25, 0.3) is 5.91 Å². The summed E-state index contributed by atoms with van der Waals surface area (Å²) >= 11 is 0. The highest BCUT2D eigenvalue weighted by atomic mass is 19.2. The zero-order valence-corrected chi connectivity index (χ0v) is 10.5. The first-order valence-corrected chi connectivity index (χ1v) is 6.63. The van der Waals surface area contributed by atoms with Gasteiger partial charge in [-0.15, -0.1) is 0 Å². The van der Waals surface area contributed by atoms with Crippen molar-refractivity contribution in [3.8, 4) is 0 Å². The lowest BCUT2D eigenvalue weighted by molar-refractivity contribution is 0.0785. The third-order valence-corrected chi connectivity index (χ3v) is 4.05. The van der Waals surface area contributed by atoms with Gasteiger partial charge in [-0.1, -0.05) is 0 Å². The summed E-state index contributed by atoms with van der Waals surface area (Å²) in [5.74, 6) is -1.62. The minimum Gasteiger partial charge on any atom is -0.337 e. The summed E-state index contributed by atoms with van der Waals surface area (Å²) in [6, 6.07) is 3.68. The van der Waals surface area contributed by atoms with Gasteiger partial charge in [0.05, 0.1) is 0 Å². The Morgan fingerprint density at radius 2 is 2.11 bits per heavy atom. The average molecular weight is 266 g/mol. The summed E-state index contributed by atoms with van der Waals surface area (Å²) in [6.07, 6.45) is 2.26. The van der Waals surface area contributed by atoms with E-state index in [-0.39, 0.29) is 11.5 Å². The van der Waals surface area contributed by atoms with Gasteiger partial charge in [-0.05, 0) is 43.5 Å². The van der Waals surface area contributed by atoms with Crippen LogP contribution in [-0.4, -0.2) is 36.5 Å². The molecule has 1 amide bonds. The molecule has 2 saturated heterocycles. The minimum atomic E-state index is -0.972. The molecular weight excluding hydrogens is 250 g/mol. The second-order valence-corrected chi connectivity index (χ2v) is 5.30. The molecule has 2 fully saturated rings. The van der Waals surface area contributed by atoms with Crippen LogP contribution in [0.4, 0.5) is 8.78 Å². The van der Waals surface area contributed by atoms with Gasteiger partial charge < -0.3 is 10.2 Å². The zero-order chi connectivity index (χ0) is 13.4. The molecule has 2 aliphatic rings. The van der Waals surface area contributed by atoms with Crippen molar-refractivity contribution in [3.63, 3.8) is 0 Å². The highest BCUT2D eigenvalue weighted by molar-refractivity contribution is 5.94. The van der Waals surface area contributed by atoms with Crippen molar-refractivity contribution in [3.05, 3.63) is 35.4 Å². The molecule has 3 nitrogen and oxygen atoms in total. The van der Waals surface area contributed by atoms with E-state index in [1.54, 1.807) is 4.90 Å². The number of rotatable bonds is 1. The van der Waals surface area contributed by atoms with Gasteiger partial charge in [0, 0.05) is 24.7 Å². The maximum Gasteiger partial charge on any atom is 0.254 e. The number of amides is 1. The first-order valence-electron chi connectivity index (χ1n) is 6.63. The van der Waals surface area contributed by atoms with E-state index in [1.807, 2.05) is 0 Å². The number of hydrogen-bond donors (Lipinski definition) is 1. The normalized spacial score (nSPS) is 26.3. The molecule has 2 aliphatic heterocycles. The van der Waals surface area contributed by atoms with Gasteiger partial charge in [0.1, 0.15) is 0 Å². The largest absolute Gasteiger partial charge is 0.337 e. The molecule has 102 valence electrons. The number of carbonyl (C=O) groups excluding carboxylic acids is 1. The summed E-state index contributed by atoms with van der Waals surface area (Å²) in [5, 5.41) is 3.41. The van der Waals surface area contributed by atoms with Crippen LogP contribution in [-0.2, 0) is 0 Å². The Morgan fingerprint density at radius 1 is 1.26 bits per heavy atom. The molecule has 0 aromatic heterocycles. The average Bonchev–Trinajstić information content (AvgIpc) is 2.85. The van der Waals surface area contributed by atoms with E-state index in [0.717, 1.165) is 31.5 Å². The molecule has 1 aromatic carbocycles. The Labute approximate surface area is 110 Å². The Hall–Kier alpha value is -1.49. The van der Waals surface area contributed by atoms with Crippen molar-refractivity contribution < 1.29 is 13.6 Å². The summed E-state index contributed by atoms with van der Waals surface area (Å²) in [6.45, 7) is 2.35. The van der Waals surface area contributed by atoms with Crippen LogP contribution < -0.4 is 5.32 Å². The maximum absolute atomic E-state index is 13.2. The number of halogens is 2. The quantitative estimate of drug-likeness (QED) is 0.840. The van der Waals surface area contributed by atoms with Gasteiger partial charge in [0.15, 0.2) is 11.6 Å². The zero-order valence-electron chi connectivity index (χ0n) is 10.5. The van der Waals surface area contributed by atoms with E-state index in [2.05, 4.69) is 5.32 Å². The van der Waals surface area contributed by atoms with Crippen LogP contribution >= 0.6 is 0 Å². The van der Waals surface area contributed by atoms with Crippen LogP contribution in [0, 0.1) is 17.6 Å². The lowest BCUT2D eigenvalue weighted by Gasteiger charge is -2.24. The van der Waals surface area contributed by atoms with Crippen LogP contribution in [0.5, 0.6) is 0 Å². The predicted octanol–water partition coefficient (Wildman–Crippen LogP) is 1.79. The fraction of sp³-hybridized carbons (Fsp3) is 0.500. The van der Waals surface area contributed by atoms with Crippen LogP contribution in [0.15, 0.2) is 18.2 Å². The van der Waals surface area contributed by atoms with Crippen LogP contribution in [0.3, 0.4) is 0 Å². The van der Waals surface area contributed by atoms with E-state index in [4.69, 9.17) is 0 Å². The summed E-state index contributed by atoms with van der Waals surface area (Å²) < 4.78 is 26.0. The molecule has 3 rings (SSSR count). The fourth-order valence-electron chi connectivity index (χ4n) is 3.02. The number of nitrogens with one attached hydrogen (secondary N) is 1. The molecule has 1 aromatic rings. The van der Waals surface area contributed by atoms with Gasteiger partial charge in [-0.2, -0.15) is 0 Å². The SMILES string of the molecule is O=C(c1ccc(F)c(F)c1)N1C[C@@H]2CCCN[C@@H]2C1. The van der Waals surface area contributed by atoms with E-state index in [0.29, 0.717) is 25.0 Å². The number of hydrogen-bond acceptors (Lipinski definition) is 2. The summed E-state index contributed by atoms with van der Waals surface area (Å²) in [5.41, 5.74) is 0.220. The molecule has 0 unspecified atom stereocenters. The van der Waals surface area contributed by atoms with Gasteiger partial charge in [-0.25, -0.2) is 8.78 Å². The lowest BCUT2D eigenvalue weighted by Crippen LogP contribution is -2.41. The second-order valence-electron chi connectivity index (χ2n) is 5.30. The summed E-state index contributed by atoms with van der Waals surface area (Å²) in [7, 11) is 0. The Morgan fingerprint density at radius 3 is 2.84 bits per heavy atom. The topological polar surface area (TPSA) is 32.3 Å². The molecule has 0 radical (unpaired) electrons. The van der Waals surface area contributed by atoms with E-state index < -0.39 is 11.6 Å². The second kappa shape index (κ2) is 4.89. The van der Waals surface area contributed by atoms with Crippen LogP contribution in [0.2, 0.25) is 0 Å². The van der Waals surface area contributed by atoms with E-state index >= 15 is 0 Å². The van der Waals surface area contributed by atoms with Crippen molar-refractivity contribution in [2.75, 3.05) is 19.6 Å². The monoisotopic (exact) mass is 266 g/mol. The highest BCUT2D eigenvalue weighted by Crippen LogP contribution is 2.26. The molecule has 19 heavy (non-hydrogen) atoms. The number of benzene rings is 1. The predicted molar refractivity (Wildman–Crippen MR) is 66.8 cm³/mol. The van der Waals surface area contributed by atoms with E-state index in [1.165, 1.54) is 6.07 Å². The first-order chi connectivity index (χ1) is 9.15. The highest BCUT2D eigenvalue weighted by Gasteiger charge is 2.36. The van der Waals surface area contributed by atoms with Gasteiger partial charge in [0.2, 0.25) is 0 Å². The number of piperidine rings is 1. The first kappa shape index (κ1) is 12.5. The van der Waals surface area contributed by atoms with Crippen LogP contribution in [0.1, 0.15) is 23.2 Å². The number of likely N-dealkylation sites (tertiary alicyclic amines) is 1. The molecule has 0 aliphatic carbocycles. The molecule has 5 heteroatoms. The number of carbonyl (C=O) groups is 1. The van der Waals surface area contributed by atoms with Crippen LogP contribution in [0.25, 0.3) is 0 Å². The van der Waals surface area contributed by atoms with E-state index in [9.17, 15) is 13.6 Å². The summed E-state index contributed by atoms with van der Waals surface area (Å²) in [4.78, 5) is 14.0. The lowest BCUT2D eigenvalue weighted by atomic mass is 9.94. The van der Waals surface area contributed by atoms with Crippen molar-refractivity contribution >= 4 is 5.91 Å². The molecule has 1 N–H and O–H groups in total. The fourth-order valence-corrected chi connectivity index (χ4v) is 3.02. The number of fused-ring (bicyclic) bond motifs is 1. The van der Waals surface area contributed by atoms with Gasteiger partial charge in [-0.3, -0.25) is 4.79 Å². The molecule has 0 bridgehead atoms. The molecule has 2 atom stereocenters. The maximum atomic E-state index is 13.2. The molecule has 2 heterocycles. The minimum absolute atomic E-state index is 0.213. The van der Waals surface area contributed by atoms with Crippen molar-refractivity contribution in [1.82, 2.24) is 10.2 Å². The third kappa shape index (κ3) is 2.34. The van der Waals surface area contributed by atoms with Crippen molar-refractivity contribution in [1.29, 1.82) is 0 Å². The van der Waals surface area contributed by atoms with Crippen molar-refractivity contribution in [2.45, 2.75) is 18.9 Å². The Kier molecular flexibility index (Phi) is 3.22. The molecule has 0 saturated carbocycles. The standard InChI is InChI=1S/C14H16F2N2O/c15-11-4-3-9(6-12(11)16)14(19)18-7-10-2-1-5-17-13(10)8-18/h3-4,6,10,13,17H,1-2,5,7-8H2/t10-,13+/m0/s1. The third-order valence-electron chi connectivity index (χ3n) is 4.05. The van der Waals surface area contributed by atoms with Gasteiger partial charge >= 0.3 is 0 Å². The number of nitrogens with zero attached hydrogens (tertiary/aromatic N) is 1. The Balaban J connectivity index is 1.75. The van der Waals surface area contributed by atoms with Crippen molar-refractivity contribution in [2.24, 2.45) is 5.92 Å².